The van der Waals surface area contributed by atoms with Crippen molar-refractivity contribution in [2.24, 2.45) is 5.92 Å². The highest BCUT2D eigenvalue weighted by Gasteiger charge is 2.08. The molecule has 0 bridgehead atoms. The van der Waals surface area contributed by atoms with E-state index in [1.807, 2.05) is 13.8 Å². The molecule has 0 spiro atoms. The second-order valence-corrected chi connectivity index (χ2v) is 3.11. The van der Waals surface area contributed by atoms with Gasteiger partial charge in [-0.2, -0.15) is 0 Å². The molecule has 0 atom stereocenters. The van der Waals surface area contributed by atoms with Gasteiger partial charge in [-0.15, -0.1) is 0 Å². The van der Waals surface area contributed by atoms with Crippen molar-refractivity contribution in [2.45, 2.75) is 20.3 Å². The van der Waals surface area contributed by atoms with Crippen LogP contribution >= 0.6 is 0 Å². The fourth-order valence-electron chi connectivity index (χ4n) is 0.918. The van der Waals surface area contributed by atoms with Crippen LogP contribution in [-0.2, 0) is 0 Å². The van der Waals surface area contributed by atoms with Crippen LogP contribution in [0.1, 0.15) is 30.8 Å². The highest BCUT2D eigenvalue weighted by atomic mass is 16.1. The summed E-state index contributed by atoms with van der Waals surface area (Å²) in [5, 5.41) is 0. The van der Waals surface area contributed by atoms with Gasteiger partial charge in [-0.3, -0.25) is 9.78 Å². The minimum absolute atomic E-state index is 0.0677. The number of carbonyl (C=O) groups excluding carboxylic acids is 1. The Morgan fingerprint density at radius 1 is 1.50 bits per heavy atom. The van der Waals surface area contributed by atoms with Crippen molar-refractivity contribution in [3.05, 3.63) is 24.3 Å². The van der Waals surface area contributed by atoms with Crippen molar-refractivity contribution in [3.8, 4) is 0 Å². The number of rotatable bonds is 3. The zero-order valence-corrected chi connectivity index (χ0v) is 7.32. The summed E-state index contributed by atoms with van der Waals surface area (Å²) in [6.45, 7) is 4.02. The third-order valence-corrected chi connectivity index (χ3v) is 1.44. The lowest BCUT2D eigenvalue weighted by atomic mass is 10.1. The molecule has 1 rings (SSSR count). The molecule has 0 unspecified atom stereocenters. The van der Waals surface area contributed by atoms with Gasteiger partial charge in [0.25, 0.3) is 0 Å². The minimum atomic E-state index is 0.0677. The lowest BCUT2D eigenvalue weighted by Crippen LogP contribution is -2.05. The smallest absolute Gasteiger partial charge is 0.183 e. The second kappa shape index (κ2) is 3.95. The molecule has 0 saturated carbocycles. The quantitative estimate of drug-likeness (QED) is 0.638. The molecule has 12 heavy (non-hydrogen) atoms. The van der Waals surface area contributed by atoms with E-state index in [2.05, 4.69) is 9.97 Å². The molecule has 3 nitrogen and oxygen atoms in total. The molecular formula is C9H12N2O. The van der Waals surface area contributed by atoms with Crippen LogP contribution in [0.4, 0.5) is 0 Å². The van der Waals surface area contributed by atoms with E-state index in [0.717, 1.165) is 0 Å². The Bertz CT molecular complexity index is 256. The maximum atomic E-state index is 11.4. The van der Waals surface area contributed by atoms with Crippen LogP contribution in [0.2, 0.25) is 0 Å². The van der Waals surface area contributed by atoms with Gasteiger partial charge in [-0.05, 0) is 5.92 Å². The standard InChI is InChI=1S/C9H12N2O/c1-7(2)5-9(12)8-6-10-3-4-11-8/h3-4,6-7H,5H2,1-2H3. The number of ketones is 1. The summed E-state index contributed by atoms with van der Waals surface area (Å²) in [6, 6.07) is 0. The van der Waals surface area contributed by atoms with Crippen molar-refractivity contribution in [2.75, 3.05) is 0 Å². The molecule has 1 aromatic rings. The summed E-state index contributed by atoms with van der Waals surface area (Å²) < 4.78 is 0. The van der Waals surface area contributed by atoms with Crippen molar-refractivity contribution in [3.63, 3.8) is 0 Å². The van der Waals surface area contributed by atoms with Crippen LogP contribution in [0, 0.1) is 5.92 Å². The first-order valence-electron chi connectivity index (χ1n) is 3.99. The largest absolute Gasteiger partial charge is 0.292 e. The van der Waals surface area contributed by atoms with Crippen LogP contribution in [0.25, 0.3) is 0 Å². The zero-order chi connectivity index (χ0) is 8.97. The molecule has 0 amide bonds. The summed E-state index contributed by atoms with van der Waals surface area (Å²) in [5.74, 6) is 0.442. The van der Waals surface area contributed by atoms with Crippen LogP contribution in [0.5, 0.6) is 0 Å². The number of hydrogen-bond acceptors (Lipinski definition) is 3. The Kier molecular flexibility index (Phi) is 2.91. The molecule has 64 valence electrons. The van der Waals surface area contributed by atoms with Crippen LogP contribution < -0.4 is 0 Å². The van der Waals surface area contributed by atoms with Gasteiger partial charge in [0.05, 0.1) is 6.20 Å². The molecule has 0 aliphatic carbocycles. The average Bonchev–Trinajstić information content (AvgIpc) is 2.05. The van der Waals surface area contributed by atoms with Gasteiger partial charge >= 0.3 is 0 Å². The van der Waals surface area contributed by atoms with E-state index in [4.69, 9.17) is 0 Å². The lowest BCUT2D eigenvalue weighted by molar-refractivity contribution is 0.0962. The van der Waals surface area contributed by atoms with E-state index in [1.165, 1.54) is 12.4 Å². The third kappa shape index (κ3) is 2.42. The number of Topliss-reactive ketones (excluding diaryl/α,β-unsaturated/α-hetero) is 1. The van der Waals surface area contributed by atoms with E-state index in [1.54, 1.807) is 6.20 Å². The van der Waals surface area contributed by atoms with E-state index in [0.29, 0.717) is 18.0 Å². The Morgan fingerprint density at radius 2 is 2.25 bits per heavy atom. The monoisotopic (exact) mass is 164 g/mol. The Hall–Kier alpha value is -1.25. The van der Waals surface area contributed by atoms with Gasteiger partial charge in [-0.1, -0.05) is 13.8 Å². The Balaban J connectivity index is 2.66. The Labute approximate surface area is 71.9 Å². The fraction of sp³-hybridized carbons (Fsp3) is 0.444. The molecule has 1 heterocycles. The first-order valence-corrected chi connectivity index (χ1v) is 3.99. The minimum Gasteiger partial charge on any atom is -0.292 e. The molecular weight excluding hydrogens is 152 g/mol. The van der Waals surface area contributed by atoms with Gasteiger partial charge in [-0.25, -0.2) is 4.98 Å². The van der Waals surface area contributed by atoms with Crippen molar-refractivity contribution in [1.82, 2.24) is 9.97 Å². The summed E-state index contributed by atoms with van der Waals surface area (Å²) in [6.07, 6.45) is 5.14. The third-order valence-electron chi connectivity index (χ3n) is 1.44. The molecule has 0 fully saturated rings. The molecule has 0 N–H and O–H groups in total. The van der Waals surface area contributed by atoms with E-state index >= 15 is 0 Å². The topological polar surface area (TPSA) is 42.9 Å². The summed E-state index contributed by atoms with van der Waals surface area (Å²) in [5.41, 5.74) is 0.464. The van der Waals surface area contributed by atoms with Gasteiger partial charge < -0.3 is 0 Å². The van der Waals surface area contributed by atoms with Crippen LogP contribution in [0.15, 0.2) is 18.6 Å². The predicted molar refractivity (Wildman–Crippen MR) is 45.8 cm³/mol. The van der Waals surface area contributed by atoms with Crippen LogP contribution in [0.3, 0.4) is 0 Å². The summed E-state index contributed by atoms with van der Waals surface area (Å²) in [4.78, 5) is 19.1. The number of aromatic nitrogens is 2. The Morgan fingerprint density at radius 3 is 2.75 bits per heavy atom. The van der Waals surface area contributed by atoms with E-state index in [9.17, 15) is 4.79 Å². The SMILES string of the molecule is CC(C)CC(=O)c1cnccn1. The number of carbonyl (C=O) groups is 1. The molecule has 0 aromatic carbocycles. The van der Waals surface area contributed by atoms with Gasteiger partial charge in [0.2, 0.25) is 0 Å². The maximum absolute atomic E-state index is 11.4. The molecule has 0 radical (unpaired) electrons. The lowest BCUT2D eigenvalue weighted by Gasteiger charge is -2.01. The summed E-state index contributed by atoms with van der Waals surface area (Å²) in [7, 11) is 0. The van der Waals surface area contributed by atoms with Gasteiger partial charge in [0.15, 0.2) is 5.78 Å². The number of nitrogens with zero attached hydrogens (tertiary/aromatic N) is 2. The van der Waals surface area contributed by atoms with E-state index < -0.39 is 0 Å². The summed E-state index contributed by atoms with van der Waals surface area (Å²) >= 11 is 0. The molecule has 0 aliphatic rings. The first kappa shape index (κ1) is 8.84. The fourth-order valence-corrected chi connectivity index (χ4v) is 0.918. The number of hydrogen-bond donors (Lipinski definition) is 0. The predicted octanol–water partition coefficient (Wildman–Crippen LogP) is 1.71. The molecule has 3 heteroatoms. The molecule has 0 saturated heterocycles. The average molecular weight is 164 g/mol. The van der Waals surface area contributed by atoms with Gasteiger partial charge in [0.1, 0.15) is 5.69 Å². The first-order chi connectivity index (χ1) is 5.70. The zero-order valence-electron chi connectivity index (χ0n) is 7.32. The molecule has 0 aliphatic heterocycles. The van der Waals surface area contributed by atoms with Crippen molar-refractivity contribution in [1.29, 1.82) is 0 Å². The highest BCUT2D eigenvalue weighted by molar-refractivity contribution is 5.93. The van der Waals surface area contributed by atoms with Crippen LogP contribution in [-0.4, -0.2) is 15.8 Å². The van der Waals surface area contributed by atoms with Crippen molar-refractivity contribution < 1.29 is 4.79 Å². The normalized spacial score (nSPS) is 10.2. The van der Waals surface area contributed by atoms with Crippen molar-refractivity contribution >= 4 is 5.78 Å². The molecule has 1 aromatic heterocycles. The maximum Gasteiger partial charge on any atom is 0.183 e. The second-order valence-electron chi connectivity index (χ2n) is 3.11. The van der Waals surface area contributed by atoms with Gasteiger partial charge in [0, 0.05) is 18.8 Å². The highest BCUT2D eigenvalue weighted by Crippen LogP contribution is 2.05. The van der Waals surface area contributed by atoms with E-state index in [-0.39, 0.29) is 5.78 Å².